The van der Waals surface area contributed by atoms with Crippen molar-refractivity contribution in [2.24, 2.45) is 7.05 Å². The summed E-state index contributed by atoms with van der Waals surface area (Å²) in [6.45, 7) is 0. The number of aromatic nitrogens is 3. The van der Waals surface area contributed by atoms with E-state index >= 15 is 0 Å². The van der Waals surface area contributed by atoms with E-state index in [9.17, 15) is 13.6 Å². The van der Waals surface area contributed by atoms with Gasteiger partial charge in [0.15, 0.2) is 11.0 Å². The van der Waals surface area contributed by atoms with Gasteiger partial charge in [0.1, 0.15) is 11.6 Å². The molecule has 1 heterocycles. The third kappa shape index (κ3) is 4.48. The van der Waals surface area contributed by atoms with Crippen LogP contribution in [0.5, 0.6) is 0 Å². The summed E-state index contributed by atoms with van der Waals surface area (Å²) in [5.41, 5.74) is 1.88. The maximum atomic E-state index is 13.6. The Kier molecular flexibility index (Phi) is 5.93. The molecule has 28 heavy (non-hydrogen) atoms. The van der Waals surface area contributed by atoms with Gasteiger partial charge in [-0.25, -0.2) is 8.78 Å². The van der Waals surface area contributed by atoms with E-state index in [1.54, 1.807) is 4.57 Å². The highest BCUT2D eigenvalue weighted by Crippen LogP contribution is 2.25. The molecule has 9 heteroatoms. The molecule has 2 aromatic carbocycles. The van der Waals surface area contributed by atoms with Crippen molar-refractivity contribution in [3.63, 3.8) is 0 Å². The number of hydrogen-bond acceptors (Lipinski definition) is 5. The molecule has 6 nitrogen and oxygen atoms in total. The van der Waals surface area contributed by atoms with E-state index in [1.165, 1.54) is 17.8 Å². The van der Waals surface area contributed by atoms with Crippen LogP contribution in [0.15, 0.2) is 47.6 Å². The lowest BCUT2D eigenvalue weighted by molar-refractivity contribution is -0.113. The molecule has 0 atom stereocenters. The summed E-state index contributed by atoms with van der Waals surface area (Å²) in [5.74, 6) is -1.25. The molecule has 0 aliphatic heterocycles. The number of nitrogens with one attached hydrogen (secondary N) is 1. The Bertz CT molecular complexity index is 1010. The van der Waals surface area contributed by atoms with Crippen molar-refractivity contribution in [3.05, 3.63) is 54.1 Å². The van der Waals surface area contributed by atoms with Crippen LogP contribution in [0.25, 0.3) is 11.4 Å². The Morgan fingerprint density at radius 3 is 2.68 bits per heavy atom. The highest BCUT2D eigenvalue weighted by Gasteiger charge is 2.14. The monoisotopic (exact) mass is 403 g/mol. The molecule has 1 amide bonds. The van der Waals surface area contributed by atoms with Crippen molar-refractivity contribution in [1.82, 2.24) is 14.8 Å². The fourth-order valence-corrected chi connectivity index (χ4v) is 3.23. The molecule has 1 aromatic heterocycles. The summed E-state index contributed by atoms with van der Waals surface area (Å²) in [4.78, 5) is 14.1. The summed E-state index contributed by atoms with van der Waals surface area (Å²) < 4.78 is 28.4. The molecule has 0 spiro atoms. The molecule has 0 unspecified atom stereocenters. The van der Waals surface area contributed by atoms with E-state index < -0.39 is 17.5 Å². The van der Waals surface area contributed by atoms with Gasteiger partial charge in [-0.3, -0.25) is 4.79 Å². The lowest BCUT2D eigenvalue weighted by atomic mass is 10.2. The molecule has 3 aromatic rings. The zero-order valence-electron chi connectivity index (χ0n) is 15.6. The number of amides is 1. The third-order valence-corrected chi connectivity index (χ3v) is 5.01. The smallest absolute Gasteiger partial charge is 0.234 e. The van der Waals surface area contributed by atoms with Gasteiger partial charge in [-0.1, -0.05) is 23.9 Å². The van der Waals surface area contributed by atoms with Crippen molar-refractivity contribution in [2.75, 3.05) is 30.1 Å². The second kappa shape index (κ2) is 8.39. The van der Waals surface area contributed by atoms with Crippen LogP contribution in [0.1, 0.15) is 0 Å². The number of hydrogen-bond donors (Lipinski definition) is 1. The highest BCUT2D eigenvalue weighted by atomic mass is 32.2. The average molecular weight is 403 g/mol. The van der Waals surface area contributed by atoms with E-state index in [0.29, 0.717) is 11.0 Å². The second-order valence-electron chi connectivity index (χ2n) is 6.27. The van der Waals surface area contributed by atoms with Gasteiger partial charge in [0.2, 0.25) is 5.91 Å². The van der Waals surface area contributed by atoms with Gasteiger partial charge in [0.05, 0.1) is 11.4 Å². The first-order chi connectivity index (χ1) is 13.3. The van der Waals surface area contributed by atoms with Crippen molar-refractivity contribution in [2.45, 2.75) is 5.16 Å². The summed E-state index contributed by atoms with van der Waals surface area (Å²) in [7, 11) is 5.73. The zero-order valence-corrected chi connectivity index (χ0v) is 16.4. The molecule has 3 rings (SSSR count). The fraction of sp³-hybridized carbons (Fsp3) is 0.211. The number of rotatable bonds is 6. The van der Waals surface area contributed by atoms with Crippen LogP contribution in [0.3, 0.4) is 0 Å². The topological polar surface area (TPSA) is 63.1 Å². The van der Waals surface area contributed by atoms with Crippen molar-refractivity contribution in [3.8, 4) is 11.4 Å². The Hall–Kier alpha value is -2.94. The van der Waals surface area contributed by atoms with E-state index in [-0.39, 0.29) is 11.4 Å². The molecular formula is C19H19F2N5OS. The largest absolute Gasteiger partial charge is 0.378 e. The number of thioether (sulfide) groups is 1. The van der Waals surface area contributed by atoms with Crippen molar-refractivity contribution < 1.29 is 13.6 Å². The van der Waals surface area contributed by atoms with E-state index in [4.69, 9.17) is 0 Å². The van der Waals surface area contributed by atoms with Crippen LogP contribution in [-0.2, 0) is 11.8 Å². The van der Waals surface area contributed by atoms with Crippen LogP contribution in [0.4, 0.5) is 20.2 Å². The lowest BCUT2D eigenvalue weighted by Crippen LogP contribution is -2.15. The van der Waals surface area contributed by atoms with Crippen molar-refractivity contribution in [1.29, 1.82) is 0 Å². The van der Waals surface area contributed by atoms with Gasteiger partial charge < -0.3 is 14.8 Å². The summed E-state index contributed by atoms with van der Waals surface area (Å²) >= 11 is 1.18. The summed E-state index contributed by atoms with van der Waals surface area (Å²) in [5, 5.41) is 11.3. The first kappa shape index (κ1) is 19.8. The van der Waals surface area contributed by atoms with Gasteiger partial charge in [-0.05, 0) is 24.3 Å². The number of carbonyl (C=O) groups is 1. The standard InChI is InChI=1S/C19H19F2N5OS/c1-25(2)14-6-4-5-12(9-14)18-23-24-19(26(18)3)28-11-17(27)22-16-8-7-13(20)10-15(16)21/h4-10H,11H2,1-3H3,(H,22,27). The van der Waals surface area contributed by atoms with Crippen LogP contribution in [-0.4, -0.2) is 40.5 Å². The fourth-order valence-electron chi connectivity index (χ4n) is 2.52. The number of carbonyl (C=O) groups excluding carboxylic acids is 1. The van der Waals surface area contributed by atoms with E-state index in [1.807, 2.05) is 50.3 Å². The molecule has 0 aliphatic carbocycles. The first-order valence-electron chi connectivity index (χ1n) is 8.40. The lowest BCUT2D eigenvalue weighted by Gasteiger charge is -2.13. The first-order valence-corrected chi connectivity index (χ1v) is 9.38. The second-order valence-corrected chi connectivity index (χ2v) is 7.21. The Morgan fingerprint density at radius 2 is 1.96 bits per heavy atom. The number of benzene rings is 2. The van der Waals surface area contributed by atoms with Gasteiger partial charge >= 0.3 is 0 Å². The predicted molar refractivity (Wildman–Crippen MR) is 106 cm³/mol. The molecule has 1 N–H and O–H groups in total. The van der Waals surface area contributed by atoms with E-state index in [2.05, 4.69) is 15.5 Å². The molecule has 0 saturated carbocycles. The van der Waals surface area contributed by atoms with Crippen LogP contribution in [0, 0.1) is 11.6 Å². The molecule has 146 valence electrons. The van der Waals surface area contributed by atoms with Gasteiger partial charge in [0.25, 0.3) is 0 Å². The maximum Gasteiger partial charge on any atom is 0.234 e. The van der Waals surface area contributed by atoms with Crippen LogP contribution in [0.2, 0.25) is 0 Å². The summed E-state index contributed by atoms with van der Waals surface area (Å²) in [6, 6.07) is 10.9. The highest BCUT2D eigenvalue weighted by molar-refractivity contribution is 7.99. The predicted octanol–water partition coefficient (Wildman–Crippen LogP) is 3.56. The minimum Gasteiger partial charge on any atom is -0.378 e. The molecule has 0 radical (unpaired) electrons. The third-order valence-electron chi connectivity index (χ3n) is 3.99. The molecular weight excluding hydrogens is 384 g/mol. The quantitative estimate of drug-likeness (QED) is 0.638. The summed E-state index contributed by atoms with van der Waals surface area (Å²) in [6.07, 6.45) is 0. The molecule has 0 fully saturated rings. The molecule has 0 saturated heterocycles. The molecule has 0 bridgehead atoms. The maximum absolute atomic E-state index is 13.6. The average Bonchev–Trinajstić information content (AvgIpc) is 3.03. The SMILES string of the molecule is CN(C)c1cccc(-c2nnc(SCC(=O)Nc3ccc(F)cc3F)n2C)c1. The minimum absolute atomic E-state index is 0.0144. The number of anilines is 2. The van der Waals surface area contributed by atoms with E-state index in [0.717, 1.165) is 23.4 Å². The number of halogens is 2. The Labute approximate surface area is 165 Å². The number of nitrogens with zero attached hydrogens (tertiary/aromatic N) is 4. The normalized spacial score (nSPS) is 10.8. The Morgan fingerprint density at radius 1 is 1.18 bits per heavy atom. The zero-order chi connectivity index (χ0) is 20.3. The van der Waals surface area contributed by atoms with Gasteiger partial charge in [0, 0.05) is 38.5 Å². The minimum atomic E-state index is -0.819. The van der Waals surface area contributed by atoms with Crippen LogP contribution < -0.4 is 10.2 Å². The van der Waals surface area contributed by atoms with Gasteiger partial charge in [-0.15, -0.1) is 10.2 Å². The van der Waals surface area contributed by atoms with Crippen molar-refractivity contribution >= 4 is 29.0 Å². The molecule has 0 aliphatic rings. The Balaban J connectivity index is 1.67. The van der Waals surface area contributed by atoms with Gasteiger partial charge in [-0.2, -0.15) is 0 Å². The van der Waals surface area contributed by atoms with Crippen LogP contribution >= 0.6 is 11.8 Å².